The second-order valence-electron chi connectivity index (χ2n) is 4.58. The van der Waals surface area contributed by atoms with Gasteiger partial charge in [0.05, 0.1) is 10.4 Å². The molecule has 2 rings (SSSR count). The summed E-state index contributed by atoms with van der Waals surface area (Å²) in [6.45, 7) is 2.28. The molecule has 2 aromatic rings. The highest BCUT2D eigenvalue weighted by molar-refractivity contribution is 6.05. The monoisotopic (exact) mass is 313 g/mol. The molecule has 9 heteroatoms. The molecule has 1 amide bonds. The van der Waals surface area contributed by atoms with E-state index in [9.17, 15) is 14.9 Å². The number of hydrogen-bond donors (Lipinski definition) is 3. The molecule has 0 bridgehead atoms. The van der Waals surface area contributed by atoms with Crippen molar-refractivity contribution in [1.29, 1.82) is 0 Å². The van der Waals surface area contributed by atoms with Crippen molar-refractivity contribution in [2.75, 3.05) is 6.54 Å². The van der Waals surface area contributed by atoms with Gasteiger partial charge in [-0.2, -0.15) is 5.10 Å². The number of hydrogen-bond acceptors (Lipinski definition) is 5. The van der Waals surface area contributed by atoms with E-state index >= 15 is 0 Å². The van der Waals surface area contributed by atoms with Crippen LogP contribution in [0.15, 0.2) is 18.2 Å². The number of H-pyrrole nitrogens is 1. The Labute approximate surface area is 126 Å². The number of aromatic nitrogens is 2. The number of nitrogens with one attached hydrogen (secondary N) is 2. The minimum Gasteiger partial charge on any atom is -0.351 e. The van der Waals surface area contributed by atoms with Crippen molar-refractivity contribution < 1.29 is 9.72 Å². The van der Waals surface area contributed by atoms with Crippen molar-refractivity contribution in [2.24, 2.45) is 5.73 Å². The number of nitrogens with zero attached hydrogens (tertiary/aromatic N) is 2. The zero-order valence-corrected chi connectivity index (χ0v) is 12.1. The summed E-state index contributed by atoms with van der Waals surface area (Å²) in [5.74, 6) is -0.377. The lowest BCUT2D eigenvalue weighted by Gasteiger charge is -2.05. The van der Waals surface area contributed by atoms with Gasteiger partial charge in [0.2, 0.25) is 0 Å². The Morgan fingerprint density at radius 3 is 2.90 bits per heavy atom. The first kappa shape index (κ1) is 16.9. The van der Waals surface area contributed by atoms with Crippen molar-refractivity contribution in [3.63, 3.8) is 0 Å². The van der Waals surface area contributed by atoms with E-state index in [1.54, 1.807) is 0 Å². The van der Waals surface area contributed by atoms with Gasteiger partial charge in [-0.15, -0.1) is 12.4 Å². The average Bonchev–Trinajstić information content (AvgIpc) is 2.80. The number of non-ortho nitro benzene ring substituents is 1. The first-order chi connectivity index (χ1) is 9.49. The van der Waals surface area contributed by atoms with Crippen LogP contribution in [-0.2, 0) is 0 Å². The molecule has 0 spiro atoms. The fourth-order valence-corrected chi connectivity index (χ4v) is 1.79. The van der Waals surface area contributed by atoms with E-state index in [-0.39, 0.29) is 35.7 Å². The van der Waals surface area contributed by atoms with E-state index in [0.29, 0.717) is 23.9 Å². The number of amides is 1. The number of rotatable bonds is 5. The lowest BCUT2D eigenvalue weighted by molar-refractivity contribution is -0.384. The molecule has 1 heterocycles. The first-order valence-electron chi connectivity index (χ1n) is 6.15. The average molecular weight is 314 g/mol. The second kappa shape index (κ2) is 7.00. The molecule has 0 aliphatic rings. The SMILES string of the molecule is CC(N)CCNC(=O)c1n[nH]c2ccc([N+](=O)[O-])cc12.Cl. The summed E-state index contributed by atoms with van der Waals surface area (Å²) in [6, 6.07) is 4.21. The first-order valence-corrected chi connectivity index (χ1v) is 6.15. The predicted octanol–water partition coefficient (Wildman–Crippen LogP) is 1.36. The quantitative estimate of drug-likeness (QED) is 0.567. The van der Waals surface area contributed by atoms with Crippen molar-refractivity contribution in [1.82, 2.24) is 15.5 Å². The zero-order valence-electron chi connectivity index (χ0n) is 11.3. The number of nitro benzene ring substituents is 1. The third kappa shape index (κ3) is 3.89. The summed E-state index contributed by atoms with van der Waals surface area (Å²) in [7, 11) is 0. The number of nitrogens with two attached hydrogens (primary N) is 1. The van der Waals surface area contributed by atoms with Crippen molar-refractivity contribution in [2.45, 2.75) is 19.4 Å². The minimum atomic E-state index is -0.510. The van der Waals surface area contributed by atoms with E-state index < -0.39 is 4.92 Å². The third-order valence-corrected chi connectivity index (χ3v) is 2.86. The molecule has 1 aromatic heterocycles. The molecule has 0 radical (unpaired) electrons. The van der Waals surface area contributed by atoms with E-state index in [4.69, 9.17) is 5.73 Å². The van der Waals surface area contributed by atoms with Crippen molar-refractivity contribution >= 4 is 34.9 Å². The molecule has 0 saturated carbocycles. The summed E-state index contributed by atoms with van der Waals surface area (Å²) in [5.41, 5.74) is 6.24. The van der Waals surface area contributed by atoms with E-state index in [0.717, 1.165) is 0 Å². The van der Waals surface area contributed by atoms with Gasteiger partial charge in [-0.1, -0.05) is 0 Å². The third-order valence-electron chi connectivity index (χ3n) is 2.86. The van der Waals surface area contributed by atoms with Crippen LogP contribution in [0.25, 0.3) is 10.9 Å². The van der Waals surface area contributed by atoms with Crippen LogP contribution in [0.1, 0.15) is 23.8 Å². The minimum absolute atomic E-state index is 0. The Hall–Kier alpha value is -2.19. The van der Waals surface area contributed by atoms with Crippen LogP contribution < -0.4 is 11.1 Å². The zero-order chi connectivity index (χ0) is 14.7. The predicted molar refractivity (Wildman–Crippen MR) is 80.6 cm³/mol. The summed E-state index contributed by atoms with van der Waals surface area (Å²) >= 11 is 0. The molecule has 0 aliphatic carbocycles. The van der Waals surface area contributed by atoms with Crippen LogP contribution in [0.3, 0.4) is 0 Å². The topological polar surface area (TPSA) is 127 Å². The van der Waals surface area contributed by atoms with E-state index in [1.807, 2.05) is 6.92 Å². The Morgan fingerprint density at radius 1 is 1.57 bits per heavy atom. The normalized spacial score (nSPS) is 11.7. The Bertz CT molecular complexity index is 655. The molecular weight excluding hydrogens is 298 g/mol. The van der Waals surface area contributed by atoms with Gasteiger partial charge < -0.3 is 11.1 Å². The fourth-order valence-electron chi connectivity index (χ4n) is 1.79. The Kier molecular flexibility index (Phi) is 5.62. The molecule has 1 unspecified atom stereocenters. The maximum Gasteiger partial charge on any atom is 0.272 e. The summed E-state index contributed by atoms with van der Waals surface area (Å²) in [4.78, 5) is 22.2. The van der Waals surface area contributed by atoms with Gasteiger partial charge in [0.1, 0.15) is 0 Å². The Morgan fingerprint density at radius 2 is 2.29 bits per heavy atom. The van der Waals surface area contributed by atoms with Crippen LogP contribution in [0.4, 0.5) is 5.69 Å². The van der Waals surface area contributed by atoms with Gasteiger partial charge in [-0.3, -0.25) is 20.0 Å². The van der Waals surface area contributed by atoms with Crippen LogP contribution >= 0.6 is 12.4 Å². The van der Waals surface area contributed by atoms with Gasteiger partial charge in [-0.05, 0) is 19.4 Å². The van der Waals surface area contributed by atoms with Crippen molar-refractivity contribution in [3.8, 4) is 0 Å². The van der Waals surface area contributed by atoms with Crippen molar-refractivity contribution in [3.05, 3.63) is 34.0 Å². The number of carbonyl (C=O) groups excluding carboxylic acids is 1. The van der Waals surface area contributed by atoms with E-state index in [1.165, 1.54) is 18.2 Å². The van der Waals surface area contributed by atoms with Gasteiger partial charge in [-0.25, -0.2) is 0 Å². The maximum absolute atomic E-state index is 12.0. The summed E-state index contributed by atoms with van der Waals surface area (Å²) in [5, 5.41) is 20.4. The highest BCUT2D eigenvalue weighted by atomic mass is 35.5. The highest BCUT2D eigenvalue weighted by Gasteiger charge is 2.16. The largest absolute Gasteiger partial charge is 0.351 e. The molecule has 1 aromatic carbocycles. The molecule has 0 aliphatic heterocycles. The van der Waals surface area contributed by atoms with Crippen LogP contribution in [-0.4, -0.2) is 33.6 Å². The Balaban J connectivity index is 0.00000220. The molecule has 21 heavy (non-hydrogen) atoms. The standard InChI is InChI=1S/C12H15N5O3.ClH/c1-7(13)4-5-14-12(18)11-9-6-8(17(19)20)2-3-10(9)15-16-11;/h2-3,6-7H,4-5,13H2,1H3,(H,14,18)(H,15,16);1H. The van der Waals surface area contributed by atoms with E-state index in [2.05, 4.69) is 15.5 Å². The van der Waals surface area contributed by atoms with Gasteiger partial charge in [0.25, 0.3) is 11.6 Å². The molecule has 4 N–H and O–H groups in total. The second-order valence-corrected chi connectivity index (χ2v) is 4.58. The molecule has 0 saturated heterocycles. The molecule has 114 valence electrons. The molecule has 1 atom stereocenters. The van der Waals surface area contributed by atoms with Gasteiger partial charge in [0, 0.05) is 30.1 Å². The maximum atomic E-state index is 12.0. The number of halogens is 1. The highest BCUT2D eigenvalue weighted by Crippen LogP contribution is 2.21. The van der Waals surface area contributed by atoms with Crippen LogP contribution in [0.2, 0.25) is 0 Å². The number of aromatic amines is 1. The number of fused-ring (bicyclic) bond motifs is 1. The fraction of sp³-hybridized carbons (Fsp3) is 0.333. The van der Waals surface area contributed by atoms with Gasteiger partial charge in [0.15, 0.2) is 5.69 Å². The number of nitro groups is 1. The van der Waals surface area contributed by atoms with Crippen LogP contribution in [0.5, 0.6) is 0 Å². The number of carbonyl (C=O) groups is 1. The van der Waals surface area contributed by atoms with Crippen LogP contribution in [0, 0.1) is 10.1 Å². The summed E-state index contributed by atoms with van der Waals surface area (Å²) in [6.07, 6.45) is 0.647. The van der Waals surface area contributed by atoms with Gasteiger partial charge >= 0.3 is 0 Å². The molecular formula is C12H16ClN5O3. The molecule has 8 nitrogen and oxygen atoms in total. The number of benzene rings is 1. The lowest BCUT2D eigenvalue weighted by Crippen LogP contribution is -2.29. The smallest absolute Gasteiger partial charge is 0.272 e. The molecule has 0 fully saturated rings. The lowest BCUT2D eigenvalue weighted by atomic mass is 10.2. The summed E-state index contributed by atoms with van der Waals surface area (Å²) < 4.78 is 0.